The van der Waals surface area contributed by atoms with Crippen molar-refractivity contribution in [3.63, 3.8) is 0 Å². The fourth-order valence-corrected chi connectivity index (χ4v) is 3.62. The number of ether oxygens (including phenoxy) is 1. The van der Waals surface area contributed by atoms with Crippen molar-refractivity contribution in [1.29, 1.82) is 0 Å². The number of hydrogen-bond donors (Lipinski definition) is 0. The van der Waals surface area contributed by atoms with Crippen LogP contribution in [0.1, 0.15) is 17.3 Å². The number of benzene rings is 2. The normalized spacial score (nSPS) is 15.2. The second-order valence-electron chi connectivity index (χ2n) is 7.08. The molecule has 29 heavy (non-hydrogen) atoms. The molecule has 6 heteroatoms. The van der Waals surface area contributed by atoms with Crippen molar-refractivity contribution in [3.8, 4) is 0 Å². The van der Waals surface area contributed by atoms with Crippen LogP contribution in [0.15, 0.2) is 66.9 Å². The molecule has 6 nitrogen and oxygen atoms in total. The molecular formula is C23H23N3O3. The third kappa shape index (κ3) is 4.06. The zero-order valence-corrected chi connectivity index (χ0v) is 16.3. The second-order valence-corrected chi connectivity index (χ2v) is 7.08. The van der Waals surface area contributed by atoms with Crippen molar-refractivity contribution in [2.24, 2.45) is 0 Å². The molecule has 0 unspecified atom stereocenters. The summed E-state index contributed by atoms with van der Waals surface area (Å²) in [6, 6.07) is 19.2. The van der Waals surface area contributed by atoms with Gasteiger partial charge in [0.2, 0.25) is 0 Å². The van der Waals surface area contributed by atoms with Crippen molar-refractivity contribution < 1.29 is 14.3 Å². The molecule has 4 rings (SSSR count). The van der Waals surface area contributed by atoms with Gasteiger partial charge in [-0.1, -0.05) is 36.4 Å². The van der Waals surface area contributed by atoms with E-state index in [1.807, 2.05) is 36.4 Å². The van der Waals surface area contributed by atoms with Crippen molar-refractivity contribution in [2.75, 3.05) is 31.1 Å². The lowest BCUT2D eigenvalue weighted by Gasteiger charge is -2.37. The molecule has 1 aromatic heterocycles. The van der Waals surface area contributed by atoms with Gasteiger partial charge in [0.1, 0.15) is 0 Å². The van der Waals surface area contributed by atoms with Crippen LogP contribution in [-0.2, 0) is 9.53 Å². The molecule has 1 amide bonds. The highest BCUT2D eigenvalue weighted by Gasteiger charge is 2.28. The van der Waals surface area contributed by atoms with Gasteiger partial charge >= 0.3 is 5.97 Å². The van der Waals surface area contributed by atoms with Crippen LogP contribution in [-0.4, -0.2) is 54.0 Å². The highest BCUT2D eigenvalue weighted by atomic mass is 16.5. The molecular weight excluding hydrogens is 366 g/mol. The Morgan fingerprint density at radius 3 is 2.41 bits per heavy atom. The van der Waals surface area contributed by atoms with Crippen LogP contribution < -0.4 is 4.90 Å². The number of carbonyl (C=O) groups excluding carboxylic acids is 2. The second kappa shape index (κ2) is 8.31. The van der Waals surface area contributed by atoms with Crippen LogP contribution in [0.3, 0.4) is 0 Å². The van der Waals surface area contributed by atoms with E-state index in [0.29, 0.717) is 24.2 Å². The first kappa shape index (κ1) is 18.9. The number of fused-ring (bicyclic) bond motifs is 1. The lowest BCUT2D eigenvalue weighted by atomic mass is 10.1. The zero-order valence-electron chi connectivity index (χ0n) is 16.3. The predicted molar refractivity (Wildman–Crippen MR) is 112 cm³/mol. The van der Waals surface area contributed by atoms with Gasteiger partial charge in [0.05, 0.1) is 11.1 Å². The van der Waals surface area contributed by atoms with Gasteiger partial charge in [0.25, 0.3) is 5.91 Å². The number of amides is 1. The summed E-state index contributed by atoms with van der Waals surface area (Å²) in [5, 5.41) is 0.859. The summed E-state index contributed by atoms with van der Waals surface area (Å²) in [4.78, 5) is 33.7. The maximum Gasteiger partial charge on any atom is 0.341 e. The number of aromatic nitrogens is 1. The Balaban J connectivity index is 1.38. The van der Waals surface area contributed by atoms with Crippen LogP contribution in [0.5, 0.6) is 0 Å². The molecule has 148 valence electrons. The minimum absolute atomic E-state index is 0.167. The Bertz CT molecular complexity index is 1010. The van der Waals surface area contributed by atoms with Crippen molar-refractivity contribution in [1.82, 2.24) is 9.88 Å². The number of carbonyl (C=O) groups is 2. The number of nitrogens with zero attached hydrogens (tertiary/aromatic N) is 3. The van der Waals surface area contributed by atoms with Crippen LogP contribution in [0.4, 0.5) is 5.69 Å². The van der Waals surface area contributed by atoms with Crippen LogP contribution >= 0.6 is 0 Å². The summed E-state index contributed by atoms with van der Waals surface area (Å²) in [6.45, 7) is 4.34. The Morgan fingerprint density at radius 2 is 1.66 bits per heavy atom. The number of para-hydroxylation sites is 2. The number of esters is 1. The molecule has 1 aliphatic heterocycles. The predicted octanol–water partition coefficient (Wildman–Crippen LogP) is 3.13. The van der Waals surface area contributed by atoms with E-state index < -0.39 is 12.1 Å². The lowest BCUT2D eigenvalue weighted by molar-refractivity contribution is -0.140. The van der Waals surface area contributed by atoms with Gasteiger partial charge in [-0.2, -0.15) is 0 Å². The minimum Gasteiger partial charge on any atom is -0.449 e. The summed E-state index contributed by atoms with van der Waals surface area (Å²) in [5.74, 6) is -0.697. The Labute approximate surface area is 169 Å². The highest BCUT2D eigenvalue weighted by molar-refractivity contribution is 6.03. The highest BCUT2D eigenvalue weighted by Crippen LogP contribution is 2.19. The topological polar surface area (TPSA) is 62.7 Å². The van der Waals surface area contributed by atoms with Gasteiger partial charge in [0, 0.05) is 43.4 Å². The number of pyridine rings is 1. The van der Waals surface area contributed by atoms with E-state index in [2.05, 4.69) is 22.0 Å². The molecule has 1 atom stereocenters. The third-order valence-corrected chi connectivity index (χ3v) is 5.20. The summed E-state index contributed by atoms with van der Waals surface area (Å²) in [5.41, 5.74) is 2.11. The van der Waals surface area contributed by atoms with Crippen LogP contribution in [0.25, 0.3) is 10.9 Å². The Morgan fingerprint density at radius 1 is 0.931 bits per heavy atom. The lowest BCUT2D eigenvalue weighted by Crippen LogP contribution is -2.51. The van der Waals surface area contributed by atoms with Gasteiger partial charge in [-0.15, -0.1) is 0 Å². The largest absolute Gasteiger partial charge is 0.449 e. The van der Waals surface area contributed by atoms with Gasteiger partial charge in [0.15, 0.2) is 6.10 Å². The average Bonchev–Trinajstić information content (AvgIpc) is 2.78. The first-order valence-corrected chi connectivity index (χ1v) is 9.77. The van der Waals surface area contributed by atoms with E-state index >= 15 is 0 Å². The van der Waals surface area contributed by atoms with Crippen molar-refractivity contribution in [2.45, 2.75) is 13.0 Å². The number of piperazine rings is 1. The molecule has 1 saturated heterocycles. The van der Waals surface area contributed by atoms with Crippen molar-refractivity contribution >= 4 is 28.5 Å². The van der Waals surface area contributed by atoms with Gasteiger partial charge in [-0.3, -0.25) is 9.78 Å². The monoisotopic (exact) mass is 389 g/mol. The summed E-state index contributed by atoms with van der Waals surface area (Å²) >= 11 is 0. The molecule has 2 heterocycles. The van der Waals surface area contributed by atoms with E-state index in [1.165, 1.54) is 0 Å². The quantitative estimate of drug-likeness (QED) is 0.642. The molecule has 0 aliphatic carbocycles. The average molecular weight is 389 g/mol. The summed E-state index contributed by atoms with van der Waals surface area (Å²) in [6.07, 6.45) is 0.796. The smallest absolute Gasteiger partial charge is 0.341 e. The zero-order chi connectivity index (χ0) is 20.2. The molecule has 0 bridgehead atoms. The standard InChI is InChI=1S/C23H23N3O3/c1-17(29-23(28)20-11-5-7-18-8-6-12-24-21(18)20)22(27)26-15-13-25(14-16-26)19-9-3-2-4-10-19/h2-12,17H,13-16H2,1H3/t17-/m0/s1. The summed E-state index contributed by atoms with van der Waals surface area (Å²) < 4.78 is 5.49. The maximum absolute atomic E-state index is 12.8. The molecule has 1 aliphatic rings. The first-order valence-electron chi connectivity index (χ1n) is 9.77. The molecule has 0 saturated carbocycles. The maximum atomic E-state index is 12.8. The Hall–Kier alpha value is -3.41. The number of rotatable bonds is 4. The van der Waals surface area contributed by atoms with Gasteiger partial charge in [-0.05, 0) is 31.2 Å². The molecule has 2 aromatic carbocycles. The molecule has 0 spiro atoms. The van der Waals surface area contributed by atoms with Gasteiger partial charge in [-0.25, -0.2) is 4.79 Å². The molecule has 0 radical (unpaired) electrons. The molecule has 0 N–H and O–H groups in total. The van der Waals surface area contributed by atoms with Gasteiger partial charge < -0.3 is 14.5 Å². The van der Waals surface area contributed by atoms with E-state index in [1.54, 1.807) is 30.2 Å². The van der Waals surface area contributed by atoms with Crippen LogP contribution in [0.2, 0.25) is 0 Å². The number of hydrogen-bond acceptors (Lipinski definition) is 5. The van der Waals surface area contributed by atoms with E-state index in [4.69, 9.17) is 4.74 Å². The Kier molecular flexibility index (Phi) is 5.42. The molecule has 3 aromatic rings. The molecule has 1 fully saturated rings. The fourth-order valence-electron chi connectivity index (χ4n) is 3.62. The van der Waals surface area contributed by atoms with E-state index in [9.17, 15) is 9.59 Å². The third-order valence-electron chi connectivity index (χ3n) is 5.20. The number of anilines is 1. The van der Waals surface area contributed by atoms with E-state index in [0.717, 1.165) is 24.2 Å². The minimum atomic E-state index is -0.843. The fraction of sp³-hybridized carbons (Fsp3) is 0.261. The van der Waals surface area contributed by atoms with Crippen LogP contribution in [0, 0.1) is 0 Å². The van der Waals surface area contributed by atoms with Crippen molar-refractivity contribution in [3.05, 3.63) is 72.4 Å². The summed E-state index contributed by atoms with van der Waals surface area (Å²) in [7, 11) is 0. The van der Waals surface area contributed by atoms with E-state index in [-0.39, 0.29) is 5.91 Å². The SMILES string of the molecule is C[C@H](OC(=O)c1cccc2cccnc12)C(=O)N1CCN(c2ccccc2)CC1. The first-order chi connectivity index (χ1) is 14.1.